The van der Waals surface area contributed by atoms with Crippen molar-refractivity contribution in [1.29, 1.82) is 0 Å². The number of halogens is 1. The highest BCUT2D eigenvalue weighted by Crippen LogP contribution is 2.44. The summed E-state index contributed by atoms with van der Waals surface area (Å²) < 4.78 is 31.9. The Balaban J connectivity index is 1.47. The average Bonchev–Trinajstić information content (AvgIpc) is 3.56. The van der Waals surface area contributed by atoms with Crippen LogP contribution < -0.4 is 14.8 Å². The molecule has 0 atom stereocenters. The van der Waals surface area contributed by atoms with Crippen LogP contribution in [0.2, 0.25) is 0 Å². The van der Waals surface area contributed by atoms with Crippen LogP contribution in [0.15, 0.2) is 95.5 Å². The third-order valence-corrected chi connectivity index (χ3v) is 8.69. The molecule has 4 aromatic carbocycles. The van der Waals surface area contributed by atoms with Crippen LogP contribution in [0, 0.1) is 0 Å². The molecule has 0 saturated heterocycles. The Labute approximate surface area is 281 Å². The van der Waals surface area contributed by atoms with Gasteiger partial charge in [0.2, 0.25) is 5.76 Å². The van der Waals surface area contributed by atoms with Crippen LogP contribution in [-0.2, 0) is 26.2 Å². The molecule has 1 N–H and O–H groups in total. The van der Waals surface area contributed by atoms with Crippen LogP contribution in [0.3, 0.4) is 0 Å². The number of nitrogens with zero attached hydrogens (tertiary/aromatic N) is 2. The number of hydrogen-bond acceptors (Lipinski definition) is 6. The SMILES string of the molecule is CCNC(=O)c1onc(-c2cc(C(C)C)c(OCc3ccccc3)cc2OCc2ccccc2)c1-c1ccc2c(c1)CCN(CCF)C2. The number of aromatic nitrogens is 1. The maximum absolute atomic E-state index is 13.4. The van der Waals surface area contributed by atoms with Gasteiger partial charge in [-0.3, -0.25) is 9.69 Å². The molecule has 0 aliphatic carbocycles. The Bertz CT molecular complexity index is 1840. The van der Waals surface area contributed by atoms with Crippen molar-refractivity contribution < 1.29 is 23.2 Å². The van der Waals surface area contributed by atoms with Gasteiger partial charge in [-0.25, -0.2) is 4.39 Å². The molecule has 0 saturated carbocycles. The molecule has 48 heavy (non-hydrogen) atoms. The summed E-state index contributed by atoms with van der Waals surface area (Å²) >= 11 is 0. The molecule has 7 nitrogen and oxygen atoms in total. The number of carbonyl (C=O) groups is 1. The number of alkyl halides is 1. The van der Waals surface area contributed by atoms with Crippen LogP contribution in [-0.4, -0.2) is 42.3 Å². The van der Waals surface area contributed by atoms with Crippen LogP contribution in [0.4, 0.5) is 4.39 Å². The van der Waals surface area contributed by atoms with E-state index >= 15 is 0 Å². The number of ether oxygens (including phenoxy) is 2. The fourth-order valence-electron chi connectivity index (χ4n) is 6.14. The number of carbonyl (C=O) groups excluding carboxylic acids is 1. The molecular formula is C40H42FN3O4. The maximum Gasteiger partial charge on any atom is 0.290 e. The van der Waals surface area contributed by atoms with Gasteiger partial charge in [-0.2, -0.15) is 0 Å². The van der Waals surface area contributed by atoms with Crippen molar-refractivity contribution in [3.8, 4) is 33.9 Å². The second kappa shape index (κ2) is 15.3. The quantitative estimate of drug-likeness (QED) is 0.138. The lowest BCUT2D eigenvalue weighted by Crippen LogP contribution is -2.32. The van der Waals surface area contributed by atoms with Gasteiger partial charge in [0.25, 0.3) is 5.91 Å². The number of nitrogens with one attached hydrogen (secondary N) is 1. The molecule has 0 radical (unpaired) electrons. The van der Waals surface area contributed by atoms with E-state index in [2.05, 4.69) is 47.4 Å². The Morgan fingerprint density at radius 1 is 0.917 bits per heavy atom. The van der Waals surface area contributed by atoms with Crippen LogP contribution in [0.25, 0.3) is 22.4 Å². The first-order valence-electron chi connectivity index (χ1n) is 16.6. The normalized spacial score (nSPS) is 12.9. The second-order valence-electron chi connectivity index (χ2n) is 12.4. The molecule has 0 spiro atoms. The Kier molecular flexibility index (Phi) is 10.5. The molecule has 0 fully saturated rings. The fraction of sp³-hybridized carbons (Fsp3) is 0.300. The minimum Gasteiger partial charge on any atom is -0.488 e. The number of rotatable bonds is 13. The first-order valence-corrected chi connectivity index (χ1v) is 16.6. The van der Waals surface area contributed by atoms with E-state index in [1.807, 2.05) is 79.7 Å². The summed E-state index contributed by atoms with van der Waals surface area (Å²) in [5.74, 6) is 1.22. The lowest BCUT2D eigenvalue weighted by atomic mass is 9.91. The Morgan fingerprint density at radius 2 is 1.60 bits per heavy atom. The van der Waals surface area contributed by atoms with Gasteiger partial charge >= 0.3 is 0 Å². The van der Waals surface area contributed by atoms with Gasteiger partial charge in [0.05, 0.1) is 5.56 Å². The van der Waals surface area contributed by atoms with Crippen molar-refractivity contribution >= 4 is 5.91 Å². The molecule has 8 heteroatoms. The molecule has 1 aliphatic rings. The first-order chi connectivity index (χ1) is 23.4. The zero-order valence-electron chi connectivity index (χ0n) is 27.8. The summed E-state index contributed by atoms with van der Waals surface area (Å²) in [6.45, 7) is 8.83. The number of hydrogen-bond donors (Lipinski definition) is 1. The van der Waals surface area contributed by atoms with E-state index < -0.39 is 0 Å². The van der Waals surface area contributed by atoms with Gasteiger partial charge in [-0.15, -0.1) is 0 Å². The van der Waals surface area contributed by atoms with Crippen molar-refractivity contribution in [2.75, 3.05) is 26.3 Å². The van der Waals surface area contributed by atoms with Crippen LogP contribution in [0.1, 0.15) is 65.1 Å². The van der Waals surface area contributed by atoms with Gasteiger partial charge in [-0.1, -0.05) is 97.9 Å². The van der Waals surface area contributed by atoms with Crippen LogP contribution in [0.5, 0.6) is 11.5 Å². The minimum atomic E-state index is -0.365. The lowest BCUT2D eigenvalue weighted by molar-refractivity contribution is 0.0920. The summed E-state index contributed by atoms with van der Waals surface area (Å²) in [5.41, 5.74) is 8.06. The molecule has 248 valence electrons. The van der Waals surface area contributed by atoms with E-state index in [1.165, 1.54) is 5.56 Å². The van der Waals surface area contributed by atoms with Gasteiger partial charge in [0.1, 0.15) is 37.1 Å². The van der Waals surface area contributed by atoms with Crippen molar-refractivity contribution in [2.45, 2.75) is 52.9 Å². The number of amides is 1. The number of fused-ring (bicyclic) bond motifs is 1. The summed E-state index contributed by atoms with van der Waals surface area (Å²) in [6, 6.07) is 30.2. The molecular weight excluding hydrogens is 605 g/mol. The van der Waals surface area contributed by atoms with Crippen molar-refractivity contribution in [3.05, 3.63) is 125 Å². The van der Waals surface area contributed by atoms with E-state index in [9.17, 15) is 9.18 Å². The standard InChI is InChI=1S/C40H42FN3O4/c1-4-42-40(45)39-37(31-15-16-32-24-44(20-18-41)19-17-30(32)21-31)38(43-48-39)34-22-33(27(2)3)35(46-25-28-11-7-5-8-12-28)23-36(34)47-26-29-13-9-6-10-14-29/h5-16,21-23,27H,4,17-20,24-26H2,1-3H3,(H,42,45). The highest BCUT2D eigenvalue weighted by molar-refractivity contribution is 6.02. The topological polar surface area (TPSA) is 76.8 Å². The maximum atomic E-state index is 13.4. The van der Waals surface area contributed by atoms with Gasteiger partial charge in [0.15, 0.2) is 0 Å². The molecule has 1 aromatic heterocycles. The highest BCUT2D eigenvalue weighted by atomic mass is 19.1. The summed E-state index contributed by atoms with van der Waals surface area (Å²) in [7, 11) is 0. The predicted molar refractivity (Wildman–Crippen MR) is 186 cm³/mol. The third-order valence-electron chi connectivity index (χ3n) is 8.69. The molecule has 0 unspecified atom stereocenters. The Morgan fingerprint density at radius 3 is 2.25 bits per heavy atom. The monoisotopic (exact) mass is 647 g/mol. The van der Waals surface area contributed by atoms with E-state index in [1.54, 1.807) is 0 Å². The lowest BCUT2D eigenvalue weighted by Gasteiger charge is -2.28. The zero-order valence-corrected chi connectivity index (χ0v) is 27.8. The predicted octanol–water partition coefficient (Wildman–Crippen LogP) is 8.37. The average molecular weight is 648 g/mol. The molecule has 2 heterocycles. The Hall–Kier alpha value is -4.95. The smallest absolute Gasteiger partial charge is 0.290 e. The molecule has 1 aliphatic heterocycles. The first kappa shape index (κ1) is 33.0. The van der Waals surface area contributed by atoms with Crippen molar-refractivity contribution in [1.82, 2.24) is 15.4 Å². The van der Waals surface area contributed by atoms with Crippen molar-refractivity contribution in [3.63, 3.8) is 0 Å². The third kappa shape index (κ3) is 7.44. The second-order valence-corrected chi connectivity index (χ2v) is 12.4. The molecule has 5 aromatic rings. The van der Waals surface area contributed by atoms with Crippen molar-refractivity contribution in [2.24, 2.45) is 0 Å². The van der Waals surface area contributed by atoms with Gasteiger partial charge in [0, 0.05) is 37.8 Å². The summed E-state index contributed by atoms with van der Waals surface area (Å²) in [6.07, 6.45) is 0.788. The molecule has 1 amide bonds. The van der Waals surface area contributed by atoms with E-state index in [-0.39, 0.29) is 24.3 Å². The van der Waals surface area contributed by atoms with E-state index in [0.29, 0.717) is 55.4 Å². The van der Waals surface area contributed by atoms with Gasteiger partial charge < -0.3 is 19.3 Å². The highest BCUT2D eigenvalue weighted by Gasteiger charge is 2.29. The van der Waals surface area contributed by atoms with Crippen LogP contribution >= 0.6 is 0 Å². The largest absolute Gasteiger partial charge is 0.488 e. The molecule has 0 bridgehead atoms. The van der Waals surface area contributed by atoms with Gasteiger partial charge in [-0.05, 0) is 58.7 Å². The molecule has 6 rings (SSSR count). The fourth-order valence-corrected chi connectivity index (χ4v) is 6.14. The van der Waals surface area contributed by atoms with E-state index in [4.69, 9.17) is 14.0 Å². The number of benzene rings is 4. The summed E-state index contributed by atoms with van der Waals surface area (Å²) in [4.78, 5) is 15.5. The summed E-state index contributed by atoms with van der Waals surface area (Å²) in [5, 5.41) is 7.43. The van der Waals surface area contributed by atoms with E-state index in [0.717, 1.165) is 46.5 Å². The minimum absolute atomic E-state index is 0.118. The zero-order chi connectivity index (χ0) is 33.5.